The van der Waals surface area contributed by atoms with Crippen molar-refractivity contribution in [2.24, 2.45) is 0 Å². The molecule has 3 amide bonds. The van der Waals surface area contributed by atoms with Crippen molar-refractivity contribution in [2.45, 2.75) is 24.7 Å². The predicted octanol–water partition coefficient (Wildman–Crippen LogP) is 9.03. The summed E-state index contributed by atoms with van der Waals surface area (Å²) in [6.45, 7) is 2.78. The van der Waals surface area contributed by atoms with Gasteiger partial charge in [0.25, 0.3) is 11.8 Å². The minimum Gasteiger partial charge on any atom is -0.494 e. The molecule has 0 saturated carbocycles. The van der Waals surface area contributed by atoms with Crippen LogP contribution in [0.25, 0.3) is 17.4 Å². The Morgan fingerprint density at radius 2 is 1.50 bits per heavy atom. The third-order valence-electron chi connectivity index (χ3n) is 6.96. The number of benzene rings is 4. The zero-order chi connectivity index (χ0) is 33.7. The van der Waals surface area contributed by atoms with Crippen molar-refractivity contribution in [3.63, 3.8) is 0 Å². The fourth-order valence-electron chi connectivity index (χ4n) is 4.43. The lowest BCUT2D eigenvalue weighted by Crippen LogP contribution is -2.30. The molecule has 244 valence electrons. The second-order valence-electron chi connectivity index (χ2n) is 10.6. The predicted molar refractivity (Wildman–Crippen MR) is 195 cm³/mol. The van der Waals surface area contributed by atoms with Crippen molar-refractivity contribution in [1.29, 1.82) is 0 Å². The molecule has 5 aromatic rings. The Labute approximate surface area is 292 Å². The number of hydrogen-bond acceptors (Lipinski definition) is 6. The summed E-state index contributed by atoms with van der Waals surface area (Å²) in [4.78, 5) is 39.8. The van der Waals surface area contributed by atoms with E-state index in [0.717, 1.165) is 33.5 Å². The normalized spacial score (nSPS) is 11.1. The molecule has 1 aromatic heterocycles. The minimum absolute atomic E-state index is 0.0104. The maximum absolute atomic E-state index is 13.5. The second kappa shape index (κ2) is 17.2. The van der Waals surface area contributed by atoms with Crippen molar-refractivity contribution >= 4 is 62.9 Å². The number of nitrogens with one attached hydrogen (secondary N) is 3. The van der Waals surface area contributed by atoms with Gasteiger partial charge in [0.2, 0.25) is 5.91 Å². The van der Waals surface area contributed by atoms with Crippen LogP contribution in [0.3, 0.4) is 0 Å². The lowest BCUT2D eigenvalue weighted by atomic mass is 10.2. The highest BCUT2D eigenvalue weighted by Crippen LogP contribution is 2.26. The summed E-state index contributed by atoms with van der Waals surface area (Å²) in [5, 5.41) is 8.46. The number of furan rings is 1. The van der Waals surface area contributed by atoms with Crippen molar-refractivity contribution in [3.05, 3.63) is 137 Å². The van der Waals surface area contributed by atoms with Gasteiger partial charge >= 0.3 is 0 Å². The van der Waals surface area contributed by atoms with E-state index in [9.17, 15) is 14.4 Å². The molecule has 0 aliphatic heterocycles. The molecule has 0 radical (unpaired) electrons. The molecule has 4 aromatic carbocycles. The standard InChI is InChI=1S/C38H34BrN3O5S/c1-2-3-23-46-31-17-13-29(14-18-31)40-36(43)25-48-33-20-15-30(16-21-33)41-38(45)34(42-37(44)27-7-5-4-6-8-27)24-32-19-22-35(47-32)26-9-11-28(39)12-10-26/h4-22,24H,2-3,23,25H2,1H3,(H,40,43)(H,41,45)(H,42,44). The first-order valence-electron chi connectivity index (χ1n) is 15.4. The van der Waals surface area contributed by atoms with Gasteiger partial charge in [0, 0.05) is 37.9 Å². The fraction of sp³-hybridized carbons (Fsp3) is 0.132. The zero-order valence-corrected chi connectivity index (χ0v) is 28.6. The molecule has 0 fully saturated rings. The number of carbonyl (C=O) groups excluding carboxylic acids is 3. The number of rotatable bonds is 14. The molecule has 8 nitrogen and oxygen atoms in total. The van der Waals surface area contributed by atoms with Crippen LogP contribution in [0.4, 0.5) is 11.4 Å². The van der Waals surface area contributed by atoms with E-state index < -0.39 is 11.8 Å². The van der Waals surface area contributed by atoms with E-state index in [2.05, 4.69) is 38.8 Å². The Morgan fingerprint density at radius 1 is 0.812 bits per heavy atom. The Hall–Kier alpha value is -5.06. The van der Waals surface area contributed by atoms with Crippen molar-refractivity contribution in [2.75, 3.05) is 23.0 Å². The Morgan fingerprint density at radius 3 is 2.21 bits per heavy atom. The largest absolute Gasteiger partial charge is 0.494 e. The van der Waals surface area contributed by atoms with Gasteiger partial charge in [-0.1, -0.05) is 59.6 Å². The van der Waals surface area contributed by atoms with Crippen LogP contribution >= 0.6 is 27.7 Å². The molecule has 48 heavy (non-hydrogen) atoms. The maximum Gasteiger partial charge on any atom is 0.272 e. The van der Waals surface area contributed by atoms with Gasteiger partial charge in [0.05, 0.1) is 12.4 Å². The average molecular weight is 725 g/mol. The number of thioether (sulfide) groups is 1. The van der Waals surface area contributed by atoms with Crippen molar-refractivity contribution in [1.82, 2.24) is 5.32 Å². The number of anilines is 2. The summed E-state index contributed by atoms with van der Waals surface area (Å²) in [6.07, 6.45) is 3.56. The van der Waals surface area contributed by atoms with E-state index in [-0.39, 0.29) is 17.4 Å². The van der Waals surface area contributed by atoms with Gasteiger partial charge in [0.15, 0.2) is 0 Å². The maximum atomic E-state index is 13.5. The number of hydrogen-bond donors (Lipinski definition) is 3. The van der Waals surface area contributed by atoms with Gasteiger partial charge in [-0.2, -0.15) is 0 Å². The second-order valence-corrected chi connectivity index (χ2v) is 12.6. The van der Waals surface area contributed by atoms with Crippen LogP contribution in [-0.2, 0) is 9.59 Å². The molecule has 0 bridgehead atoms. The first kappa shape index (κ1) is 34.3. The van der Waals surface area contributed by atoms with E-state index in [4.69, 9.17) is 9.15 Å². The Bertz CT molecular complexity index is 1860. The molecule has 3 N–H and O–H groups in total. The molecule has 5 rings (SSSR count). The lowest BCUT2D eigenvalue weighted by Gasteiger charge is -2.11. The molecular formula is C38H34BrN3O5S. The lowest BCUT2D eigenvalue weighted by molar-refractivity contribution is -0.114. The van der Waals surface area contributed by atoms with E-state index >= 15 is 0 Å². The summed E-state index contributed by atoms with van der Waals surface area (Å²) >= 11 is 4.81. The Balaban J connectivity index is 1.20. The monoisotopic (exact) mass is 723 g/mol. The summed E-state index contributed by atoms with van der Waals surface area (Å²) in [5.41, 5.74) is 2.50. The zero-order valence-electron chi connectivity index (χ0n) is 26.2. The van der Waals surface area contributed by atoms with Gasteiger partial charge < -0.3 is 25.1 Å². The first-order valence-corrected chi connectivity index (χ1v) is 17.1. The van der Waals surface area contributed by atoms with Gasteiger partial charge in [-0.25, -0.2) is 0 Å². The van der Waals surface area contributed by atoms with Gasteiger partial charge in [-0.15, -0.1) is 11.8 Å². The number of ether oxygens (including phenoxy) is 1. The van der Waals surface area contributed by atoms with Gasteiger partial charge in [-0.05, 0) is 91.3 Å². The average Bonchev–Trinajstić information content (AvgIpc) is 3.57. The van der Waals surface area contributed by atoms with Crippen LogP contribution in [0.5, 0.6) is 5.75 Å². The Kier molecular flexibility index (Phi) is 12.3. The van der Waals surface area contributed by atoms with Crippen LogP contribution in [0, 0.1) is 0 Å². The first-order chi connectivity index (χ1) is 23.4. The highest BCUT2D eigenvalue weighted by molar-refractivity contribution is 9.10. The van der Waals surface area contributed by atoms with E-state index in [1.165, 1.54) is 17.8 Å². The molecule has 0 spiro atoms. The van der Waals surface area contributed by atoms with E-state index in [1.807, 2.05) is 66.7 Å². The number of halogens is 1. The summed E-state index contributed by atoms with van der Waals surface area (Å²) < 4.78 is 12.6. The SMILES string of the molecule is CCCCOc1ccc(NC(=O)CSc2ccc(NC(=O)C(=Cc3ccc(-c4ccc(Br)cc4)o3)NC(=O)c3ccccc3)cc2)cc1. The minimum atomic E-state index is -0.526. The fourth-order valence-corrected chi connectivity index (χ4v) is 5.39. The molecule has 0 saturated heterocycles. The van der Waals surface area contributed by atoms with Crippen LogP contribution in [-0.4, -0.2) is 30.1 Å². The van der Waals surface area contributed by atoms with Gasteiger partial charge in [0.1, 0.15) is 23.0 Å². The van der Waals surface area contributed by atoms with Gasteiger partial charge in [-0.3, -0.25) is 14.4 Å². The topological polar surface area (TPSA) is 110 Å². The molecule has 0 unspecified atom stereocenters. The summed E-state index contributed by atoms with van der Waals surface area (Å²) in [6, 6.07) is 34.3. The molecular weight excluding hydrogens is 690 g/mol. The van der Waals surface area contributed by atoms with E-state index in [0.29, 0.717) is 35.1 Å². The quantitative estimate of drug-likeness (QED) is 0.0599. The molecule has 0 aliphatic carbocycles. The van der Waals surface area contributed by atoms with Crippen LogP contribution < -0.4 is 20.7 Å². The van der Waals surface area contributed by atoms with Crippen LogP contribution in [0.1, 0.15) is 35.9 Å². The summed E-state index contributed by atoms with van der Waals surface area (Å²) in [5.74, 6) is 0.908. The van der Waals surface area contributed by atoms with Crippen molar-refractivity contribution < 1.29 is 23.5 Å². The van der Waals surface area contributed by atoms with Crippen LogP contribution in [0.2, 0.25) is 0 Å². The molecule has 0 atom stereocenters. The van der Waals surface area contributed by atoms with E-state index in [1.54, 1.807) is 48.5 Å². The van der Waals surface area contributed by atoms with Crippen molar-refractivity contribution in [3.8, 4) is 17.1 Å². The molecule has 10 heteroatoms. The number of carbonyl (C=O) groups is 3. The number of amides is 3. The highest BCUT2D eigenvalue weighted by Gasteiger charge is 2.17. The third kappa shape index (κ3) is 10.2. The smallest absolute Gasteiger partial charge is 0.272 e. The molecule has 0 aliphatic rings. The highest BCUT2D eigenvalue weighted by atomic mass is 79.9. The summed E-state index contributed by atoms with van der Waals surface area (Å²) in [7, 11) is 0. The molecule has 1 heterocycles. The third-order valence-corrected chi connectivity index (χ3v) is 8.50. The van der Waals surface area contributed by atoms with Crippen LogP contribution in [0.15, 0.2) is 135 Å². The number of unbranched alkanes of at least 4 members (excludes halogenated alkanes) is 1.